The minimum atomic E-state index is 0.323. The van der Waals surface area contributed by atoms with Crippen LogP contribution in [0.5, 0.6) is 0 Å². The van der Waals surface area contributed by atoms with E-state index in [4.69, 9.17) is 0 Å². The van der Waals surface area contributed by atoms with Crippen LogP contribution in [0.2, 0.25) is 0 Å². The Morgan fingerprint density at radius 1 is 1.29 bits per heavy atom. The molecule has 0 unspecified atom stereocenters. The number of rotatable bonds is 2. The summed E-state index contributed by atoms with van der Waals surface area (Å²) in [5.74, 6) is 2.81. The van der Waals surface area contributed by atoms with Gasteiger partial charge in [-0.15, -0.1) is 0 Å². The second-order valence-corrected chi connectivity index (χ2v) is 7.85. The van der Waals surface area contributed by atoms with E-state index in [0.717, 1.165) is 12.3 Å². The third kappa shape index (κ3) is 2.11. The average molecular weight is 301 g/mol. The van der Waals surface area contributed by atoms with Crippen molar-refractivity contribution in [2.24, 2.45) is 29.1 Å². The molecule has 2 aliphatic rings. The molecule has 0 aromatic carbocycles. The number of halogens is 1. The van der Waals surface area contributed by atoms with Crippen molar-refractivity contribution in [1.82, 2.24) is 0 Å². The van der Waals surface area contributed by atoms with Gasteiger partial charge in [-0.1, -0.05) is 36.7 Å². The number of alkyl halides is 1. The van der Waals surface area contributed by atoms with E-state index in [2.05, 4.69) is 36.7 Å². The Balaban J connectivity index is 2.33. The highest BCUT2D eigenvalue weighted by atomic mass is 79.9. The lowest BCUT2D eigenvalue weighted by Crippen LogP contribution is -2.45. The van der Waals surface area contributed by atoms with Gasteiger partial charge >= 0.3 is 0 Å². The van der Waals surface area contributed by atoms with E-state index in [1.165, 1.54) is 19.3 Å². The van der Waals surface area contributed by atoms with Crippen LogP contribution in [0.1, 0.15) is 53.4 Å². The smallest absolute Gasteiger partial charge is 0.133 e. The minimum absolute atomic E-state index is 0.323. The van der Waals surface area contributed by atoms with Gasteiger partial charge in [0.15, 0.2) is 0 Å². The Morgan fingerprint density at radius 2 is 1.94 bits per heavy atom. The molecule has 0 bridgehead atoms. The molecular formula is C15H25BrO. The van der Waals surface area contributed by atoms with E-state index >= 15 is 0 Å². The Morgan fingerprint density at radius 3 is 2.47 bits per heavy atom. The lowest BCUT2D eigenvalue weighted by Gasteiger charge is -2.47. The third-order valence-electron chi connectivity index (χ3n) is 5.50. The number of hydrogen-bond acceptors (Lipinski definition) is 1. The zero-order chi connectivity index (χ0) is 12.8. The molecular weight excluding hydrogens is 276 g/mol. The van der Waals surface area contributed by atoms with Crippen LogP contribution in [0.3, 0.4) is 0 Å². The van der Waals surface area contributed by atoms with E-state index in [1.54, 1.807) is 6.92 Å². The Labute approximate surface area is 114 Å². The van der Waals surface area contributed by atoms with Gasteiger partial charge in [-0.2, -0.15) is 0 Å². The molecule has 2 heteroatoms. The monoisotopic (exact) mass is 300 g/mol. The molecule has 2 rings (SSSR count). The summed E-state index contributed by atoms with van der Waals surface area (Å²) in [6, 6.07) is 0. The second-order valence-electron chi connectivity index (χ2n) is 6.74. The number of ketones is 1. The van der Waals surface area contributed by atoms with Crippen LogP contribution in [0.4, 0.5) is 0 Å². The highest BCUT2D eigenvalue weighted by molar-refractivity contribution is 9.09. The van der Waals surface area contributed by atoms with Gasteiger partial charge in [0.1, 0.15) is 5.78 Å². The van der Waals surface area contributed by atoms with E-state index in [-0.39, 0.29) is 0 Å². The molecule has 5 atom stereocenters. The topological polar surface area (TPSA) is 17.1 Å². The Hall–Kier alpha value is 0.150. The van der Waals surface area contributed by atoms with Crippen LogP contribution in [0.15, 0.2) is 0 Å². The number of carbonyl (C=O) groups excluding carboxylic acids is 1. The lowest BCUT2D eigenvalue weighted by atomic mass is 9.60. The molecule has 0 saturated heterocycles. The Kier molecular flexibility index (Phi) is 3.74. The van der Waals surface area contributed by atoms with Crippen LogP contribution in [0.25, 0.3) is 0 Å². The van der Waals surface area contributed by atoms with E-state index in [0.29, 0.717) is 33.8 Å². The molecule has 0 aromatic rings. The quantitative estimate of drug-likeness (QED) is 0.689. The molecule has 2 aliphatic carbocycles. The van der Waals surface area contributed by atoms with E-state index in [1.807, 2.05) is 0 Å². The first kappa shape index (κ1) is 13.6. The van der Waals surface area contributed by atoms with Crippen molar-refractivity contribution in [2.45, 2.75) is 58.2 Å². The predicted molar refractivity (Wildman–Crippen MR) is 75.3 cm³/mol. The van der Waals surface area contributed by atoms with Crippen molar-refractivity contribution < 1.29 is 4.79 Å². The van der Waals surface area contributed by atoms with Crippen molar-refractivity contribution in [3.63, 3.8) is 0 Å². The maximum Gasteiger partial charge on any atom is 0.133 e. The normalized spacial score (nSPS) is 46.0. The number of Topliss-reactive ketones (excluding diaryl/α,β-unsaturated/α-hetero) is 1. The Bertz CT molecular complexity index is 312. The molecule has 17 heavy (non-hydrogen) atoms. The molecule has 0 N–H and O–H groups in total. The number of hydrogen-bond donors (Lipinski definition) is 0. The van der Waals surface area contributed by atoms with Crippen LogP contribution in [-0.2, 0) is 4.79 Å². The summed E-state index contributed by atoms with van der Waals surface area (Å²) in [7, 11) is 0. The van der Waals surface area contributed by atoms with E-state index in [9.17, 15) is 4.79 Å². The summed E-state index contributed by atoms with van der Waals surface area (Å²) in [6.07, 6.45) is 4.86. The zero-order valence-electron chi connectivity index (χ0n) is 11.5. The lowest BCUT2D eigenvalue weighted by molar-refractivity contribution is -0.126. The third-order valence-corrected chi connectivity index (χ3v) is 7.00. The molecule has 98 valence electrons. The fourth-order valence-electron chi connectivity index (χ4n) is 4.48. The van der Waals surface area contributed by atoms with Crippen LogP contribution < -0.4 is 0 Å². The van der Waals surface area contributed by atoms with Crippen molar-refractivity contribution in [3.8, 4) is 0 Å². The molecule has 0 radical (unpaired) electrons. The first-order valence-corrected chi connectivity index (χ1v) is 7.94. The summed E-state index contributed by atoms with van der Waals surface area (Å²) in [5, 5.41) is 0. The second kappa shape index (κ2) is 4.68. The van der Waals surface area contributed by atoms with Gasteiger partial charge in [0.05, 0.1) is 0 Å². The molecule has 2 fully saturated rings. The van der Waals surface area contributed by atoms with Gasteiger partial charge in [-0.3, -0.25) is 4.79 Å². The van der Waals surface area contributed by atoms with E-state index < -0.39 is 0 Å². The molecule has 0 aromatic heterocycles. The predicted octanol–water partition coefficient (Wildman–Crippen LogP) is 4.44. The highest BCUT2D eigenvalue weighted by Gasteiger charge is 2.55. The van der Waals surface area contributed by atoms with Crippen molar-refractivity contribution in [3.05, 3.63) is 0 Å². The summed E-state index contributed by atoms with van der Waals surface area (Å²) in [6.45, 7) is 8.86. The van der Waals surface area contributed by atoms with Crippen LogP contribution >= 0.6 is 15.9 Å². The molecule has 0 aliphatic heterocycles. The summed E-state index contributed by atoms with van der Waals surface area (Å²) < 4.78 is 0. The standard InChI is InChI=1S/C15H25BrO/c1-9(2)11-7-8-15(4)13(16)6-5-12(10(3)17)14(11)15/h9,11-14H,5-8H2,1-4H3/t11-,12-,13-,14+,15+/m0/s1. The van der Waals surface area contributed by atoms with Crippen molar-refractivity contribution in [1.29, 1.82) is 0 Å². The van der Waals surface area contributed by atoms with Gasteiger partial charge < -0.3 is 0 Å². The van der Waals surface area contributed by atoms with Gasteiger partial charge in [-0.05, 0) is 55.8 Å². The number of fused-ring (bicyclic) bond motifs is 1. The maximum absolute atomic E-state index is 11.9. The fraction of sp³-hybridized carbons (Fsp3) is 0.933. The summed E-state index contributed by atoms with van der Waals surface area (Å²) in [5.41, 5.74) is 0.351. The molecule has 0 heterocycles. The molecule has 0 amide bonds. The van der Waals surface area contributed by atoms with Crippen LogP contribution in [0, 0.1) is 29.1 Å². The van der Waals surface area contributed by atoms with Crippen molar-refractivity contribution in [2.75, 3.05) is 0 Å². The van der Waals surface area contributed by atoms with Crippen LogP contribution in [-0.4, -0.2) is 10.6 Å². The summed E-state index contributed by atoms with van der Waals surface area (Å²) in [4.78, 5) is 12.6. The van der Waals surface area contributed by atoms with Gasteiger partial charge in [-0.25, -0.2) is 0 Å². The zero-order valence-corrected chi connectivity index (χ0v) is 13.1. The first-order valence-electron chi connectivity index (χ1n) is 7.02. The van der Waals surface area contributed by atoms with Gasteiger partial charge in [0.25, 0.3) is 0 Å². The van der Waals surface area contributed by atoms with Gasteiger partial charge in [0, 0.05) is 10.7 Å². The van der Waals surface area contributed by atoms with Gasteiger partial charge in [0.2, 0.25) is 0 Å². The number of carbonyl (C=O) groups is 1. The largest absolute Gasteiger partial charge is 0.300 e. The SMILES string of the molecule is CC(=O)[C@@H]1CC[C@H](Br)[C@@]2(C)CC[C@@H](C(C)C)[C@H]12. The summed E-state index contributed by atoms with van der Waals surface area (Å²) >= 11 is 3.89. The molecule has 2 saturated carbocycles. The minimum Gasteiger partial charge on any atom is -0.300 e. The molecule has 0 spiro atoms. The fourth-order valence-corrected chi connectivity index (χ4v) is 5.27. The average Bonchev–Trinajstić information content (AvgIpc) is 2.58. The highest BCUT2D eigenvalue weighted by Crippen LogP contribution is 2.60. The first-order chi connectivity index (χ1) is 7.88. The maximum atomic E-state index is 11.9. The van der Waals surface area contributed by atoms with Crippen molar-refractivity contribution >= 4 is 21.7 Å². The molecule has 1 nitrogen and oxygen atoms in total.